The summed E-state index contributed by atoms with van der Waals surface area (Å²) in [5.74, 6) is -3.79. The number of hydrogen-bond donors (Lipinski definition) is 3. The average Bonchev–Trinajstić information content (AvgIpc) is 3.02. The third-order valence-corrected chi connectivity index (χ3v) is 2.79. The Hall–Kier alpha value is -2.74. The third-order valence-electron chi connectivity index (χ3n) is 2.79. The zero-order valence-electron chi connectivity index (χ0n) is 12.4. The van der Waals surface area contributed by atoms with Crippen LogP contribution in [0, 0.1) is 5.82 Å². The van der Waals surface area contributed by atoms with Crippen molar-refractivity contribution in [3.8, 4) is 0 Å². The van der Waals surface area contributed by atoms with E-state index in [-0.39, 0.29) is 5.82 Å². The molecule has 0 spiro atoms. The molecule has 2 rings (SSSR count). The summed E-state index contributed by atoms with van der Waals surface area (Å²) in [4.78, 5) is 22.2. The van der Waals surface area contributed by atoms with Gasteiger partial charge in [0.25, 0.3) is 0 Å². The van der Waals surface area contributed by atoms with Gasteiger partial charge in [0, 0.05) is 31.0 Å². The minimum Gasteiger partial charge on any atom is -0.473 e. The van der Waals surface area contributed by atoms with Gasteiger partial charge in [-0.1, -0.05) is 18.2 Å². The highest BCUT2D eigenvalue weighted by molar-refractivity contribution is 6.27. The molecule has 0 saturated heterocycles. The second kappa shape index (κ2) is 10.1. The van der Waals surface area contributed by atoms with E-state index in [1.54, 1.807) is 24.7 Å². The zero-order valence-corrected chi connectivity index (χ0v) is 12.4. The summed E-state index contributed by atoms with van der Waals surface area (Å²) < 4.78 is 15.3. The molecule has 0 saturated carbocycles. The molecule has 0 amide bonds. The first-order chi connectivity index (χ1) is 11.0. The van der Waals surface area contributed by atoms with E-state index in [9.17, 15) is 4.39 Å². The van der Waals surface area contributed by atoms with Gasteiger partial charge in [-0.2, -0.15) is 0 Å². The number of aromatic nitrogens is 2. The summed E-state index contributed by atoms with van der Waals surface area (Å²) in [5.41, 5.74) is 0.718. The fourth-order valence-electron chi connectivity index (χ4n) is 1.67. The van der Waals surface area contributed by atoms with Crippen molar-refractivity contribution >= 4 is 11.9 Å². The minimum absolute atomic E-state index is 0.144. The molecule has 0 bridgehead atoms. The van der Waals surface area contributed by atoms with Crippen molar-refractivity contribution in [1.82, 2.24) is 14.9 Å². The van der Waals surface area contributed by atoms with E-state index < -0.39 is 11.9 Å². The predicted molar refractivity (Wildman–Crippen MR) is 80.2 cm³/mol. The highest BCUT2D eigenvalue weighted by Crippen LogP contribution is 2.05. The molecule has 0 unspecified atom stereocenters. The molecule has 1 heterocycles. The molecule has 0 atom stereocenters. The fraction of sp³-hybridized carbons (Fsp3) is 0.267. The molecule has 124 valence electrons. The second-order valence-electron chi connectivity index (χ2n) is 4.53. The van der Waals surface area contributed by atoms with Crippen LogP contribution < -0.4 is 5.32 Å². The van der Waals surface area contributed by atoms with E-state index in [2.05, 4.69) is 10.3 Å². The Morgan fingerprint density at radius 2 is 1.91 bits per heavy atom. The molecule has 3 N–H and O–H groups in total. The zero-order chi connectivity index (χ0) is 17.1. The topological polar surface area (TPSA) is 104 Å². The Morgan fingerprint density at radius 1 is 1.22 bits per heavy atom. The lowest BCUT2D eigenvalue weighted by Crippen LogP contribution is -2.17. The Morgan fingerprint density at radius 3 is 2.48 bits per heavy atom. The molecule has 0 fully saturated rings. The van der Waals surface area contributed by atoms with Gasteiger partial charge in [0.15, 0.2) is 0 Å². The molecule has 0 aliphatic heterocycles. The van der Waals surface area contributed by atoms with Gasteiger partial charge in [-0.15, -0.1) is 0 Å². The summed E-state index contributed by atoms with van der Waals surface area (Å²) in [7, 11) is 0. The Bertz CT molecular complexity index is 605. The molecule has 1 aromatic carbocycles. The van der Waals surface area contributed by atoms with Crippen molar-refractivity contribution in [1.29, 1.82) is 0 Å². The number of carboxylic acid groups (broad SMARTS) is 2. The van der Waals surface area contributed by atoms with Crippen LogP contribution in [0.25, 0.3) is 0 Å². The lowest BCUT2D eigenvalue weighted by atomic mass is 10.2. The van der Waals surface area contributed by atoms with Gasteiger partial charge in [-0.05, 0) is 19.0 Å². The molecule has 0 aliphatic rings. The molecular weight excluding hydrogens is 305 g/mol. The number of benzene rings is 1. The Kier molecular flexibility index (Phi) is 8.01. The van der Waals surface area contributed by atoms with Crippen LogP contribution in [0.3, 0.4) is 0 Å². The Labute approximate surface area is 132 Å². The second-order valence-corrected chi connectivity index (χ2v) is 4.53. The molecule has 2 aromatic rings. The van der Waals surface area contributed by atoms with Crippen LogP contribution >= 0.6 is 0 Å². The molecule has 1 aromatic heterocycles. The number of hydrogen-bond acceptors (Lipinski definition) is 4. The van der Waals surface area contributed by atoms with Crippen LogP contribution in [-0.2, 0) is 22.7 Å². The highest BCUT2D eigenvalue weighted by atomic mass is 19.1. The summed E-state index contributed by atoms with van der Waals surface area (Å²) in [6, 6.07) is 6.85. The summed E-state index contributed by atoms with van der Waals surface area (Å²) in [6.07, 6.45) is 6.52. The SMILES string of the molecule is Fc1ccccc1CNCCCn1ccnc1.O=C(O)C(=O)O. The number of nitrogens with zero attached hydrogens (tertiary/aromatic N) is 2. The van der Waals surface area contributed by atoms with Gasteiger partial charge in [0.05, 0.1) is 6.33 Å². The van der Waals surface area contributed by atoms with Crippen molar-refractivity contribution in [2.45, 2.75) is 19.5 Å². The fourth-order valence-corrected chi connectivity index (χ4v) is 1.67. The maximum absolute atomic E-state index is 13.3. The number of rotatable bonds is 6. The largest absolute Gasteiger partial charge is 0.473 e. The van der Waals surface area contributed by atoms with Gasteiger partial charge in [-0.25, -0.2) is 19.0 Å². The molecule has 8 heteroatoms. The molecule has 23 heavy (non-hydrogen) atoms. The van der Waals surface area contributed by atoms with Gasteiger partial charge >= 0.3 is 11.9 Å². The van der Waals surface area contributed by atoms with Crippen LogP contribution in [0.2, 0.25) is 0 Å². The van der Waals surface area contributed by atoms with Crippen molar-refractivity contribution in [2.24, 2.45) is 0 Å². The quantitative estimate of drug-likeness (QED) is 0.548. The van der Waals surface area contributed by atoms with Crippen molar-refractivity contribution in [2.75, 3.05) is 6.54 Å². The molecular formula is C15H18FN3O4. The number of halogens is 1. The van der Waals surface area contributed by atoms with E-state index in [1.165, 1.54) is 6.07 Å². The smallest absolute Gasteiger partial charge is 0.414 e. The van der Waals surface area contributed by atoms with E-state index in [0.717, 1.165) is 25.1 Å². The first kappa shape index (κ1) is 18.3. The lowest BCUT2D eigenvalue weighted by Gasteiger charge is -2.06. The van der Waals surface area contributed by atoms with Crippen molar-refractivity contribution in [3.05, 3.63) is 54.4 Å². The lowest BCUT2D eigenvalue weighted by molar-refractivity contribution is -0.159. The number of carboxylic acids is 2. The van der Waals surface area contributed by atoms with Crippen LogP contribution in [0.5, 0.6) is 0 Å². The highest BCUT2D eigenvalue weighted by Gasteiger charge is 2.04. The van der Waals surface area contributed by atoms with Crippen LogP contribution in [-0.4, -0.2) is 38.2 Å². The van der Waals surface area contributed by atoms with Gasteiger partial charge in [-0.3, -0.25) is 0 Å². The van der Waals surface area contributed by atoms with E-state index in [4.69, 9.17) is 19.8 Å². The number of imidazole rings is 1. The maximum atomic E-state index is 13.3. The normalized spacial score (nSPS) is 9.78. The number of carbonyl (C=O) groups is 2. The van der Waals surface area contributed by atoms with Crippen LogP contribution in [0.15, 0.2) is 43.0 Å². The molecule has 7 nitrogen and oxygen atoms in total. The predicted octanol–water partition coefficient (Wildman–Crippen LogP) is 1.36. The minimum atomic E-state index is -1.82. The number of aliphatic carboxylic acids is 2. The van der Waals surface area contributed by atoms with Gasteiger partial charge < -0.3 is 20.1 Å². The number of nitrogens with one attached hydrogen (secondary N) is 1. The summed E-state index contributed by atoms with van der Waals surface area (Å²) >= 11 is 0. The van der Waals surface area contributed by atoms with E-state index in [0.29, 0.717) is 6.54 Å². The van der Waals surface area contributed by atoms with Crippen molar-refractivity contribution < 1.29 is 24.2 Å². The first-order valence-corrected chi connectivity index (χ1v) is 6.86. The monoisotopic (exact) mass is 323 g/mol. The average molecular weight is 323 g/mol. The standard InChI is InChI=1S/C13H16FN3.C2H2O4/c14-13-5-2-1-4-12(13)10-15-6-3-8-17-9-7-16-11-17;3-1(4)2(5)6/h1-2,4-5,7,9,11,15H,3,6,8,10H2;(H,3,4)(H,5,6). The molecule has 0 radical (unpaired) electrons. The molecule has 0 aliphatic carbocycles. The summed E-state index contributed by atoms with van der Waals surface area (Å²) in [5, 5.41) is 18.0. The van der Waals surface area contributed by atoms with E-state index in [1.807, 2.05) is 16.8 Å². The Balaban J connectivity index is 0.000000379. The van der Waals surface area contributed by atoms with E-state index >= 15 is 0 Å². The summed E-state index contributed by atoms with van der Waals surface area (Å²) in [6.45, 7) is 2.38. The maximum Gasteiger partial charge on any atom is 0.414 e. The van der Waals surface area contributed by atoms with Crippen LogP contribution in [0.4, 0.5) is 4.39 Å². The van der Waals surface area contributed by atoms with Gasteiger partial charge in [0.1, 0.15) is 5.82 Å². The third kappa shape index (κ3) is 7.72. The first-order valence-electron chi connectivity index (χ1n) is 6.86. The van der Waals surface area contributed by atoms with Crippen molar-refractivity contribution in [3.63, 3.8) is 0 Å². The van der Waals surface area contributed by atoms with Crippen LogP contribution in [0.1, 0.15) is 12.0 Å². The van der Waals surface area contributed by atoms with Gasteiger partial charge in [0.2, 0.25) is 0 Å². The number of aryl methyl sites for hydroxylation is 1.